The van der Waals surface area contributed by atoms with Crippen LogP contribution in [0.3, 0.4) is 0 Å². The monoisotopic (exact) mass is 413 g/mol. The summed E-state index contributed by atoms with van der Waals surface area (Å²) in [4.78, 5) is 17.7. The summed E-state index contributed by atoms with van der Waals surface area (Å²) in [6.07, 6.45) is 0.834. The van der Waals surface area contributed by atoms with Crippen LogP contribution in [0.5, 0.6) is 5.75 Å². The molecule has 0 saturated heterocycles. The zero-order valence-electron chi connectivity index (χ0n) is 17.9. The van der Waals surface area contributed by atoms with Gasteiger partial charge >= 0.3 is 0 Å². The second-order valence-corrected chi connectivity index (χ2v) is 7.64. The van der Waals surface area contributed by atoms with E-state index in [-0.39, 0.29) is 11.9 Å². The minimum Gasteiger partial charge on any atom is -0.494 e. The molecule has 4 aromatic rings. The SMILES string of the molecule is Cc1ccccc1C(=O)NC(C)c1nc2ccccc2n1CCCOc1ccccc1. The van der Waals surface area contributed by atoms with E-state index in [2.05, 4.69) is 16.0 Å². The van der Waals surface area contributed by atoms with Gasteiger partial charge in [-0.1, -0.05) is 48.5 Å². The van der Waals surface area contributed by atoms with Gasteiger partial charge in [0.05, 0.1) is 23.7 Å². The smallest absolute Gasteiger partial charge is 0.252 e. The van der Waals surface area contributed by atoms with Gasteiger partial charge in [0.25, 0.3) is 5.91 Å². The molecule has 1 aromatic heterocycles. The predicted octanol–water partition coefficient (Wildman–Crippen LogP) is 5.30. The minimum atomic E-state index is -0.227. The number of rotatable bonds is 8. The van der Waals surface area contributed by atoms with Crippen molar-refractivity contribution >= 4 is 16.9 Å². The number of carbonyl (C=O) groups is 1. The number of ether oxygens (including phenoxy) is 1. The van der Waals surface area contributed by atoms with Crippen LogP contribution in [0.25, 0.3) is 11.0 Å². The third-order valence-electron chi connectivity index (χ3n) is 5.35. The number of benzene rings is 3. The lowest BCUT2D eigenvalue weighted by atomic mass is 10.1. The van der Waals surface area contributed by atoms with Crippen LogP contribution < -0.4 is 10.1 Å². The summed E-state index contributed by atoms with van der Waals surface area (Å²) in [7, 11) is 0. The highest BCUT2D eigenvalue weighted by atomic mass is 16.5. The molecule has 5 heteroatoms. The topological polar surface area (TPSA) is 56.2 Å². The van der Waals surface area contributed by atoms with Gasteiger partial charge < -0.3 is 14.6 Å². The number of fused-ring (bicyclic) bond motifs is 1. The van der Waals surface area contributed by atoms with E-state index in [0.717, 1.165) is 41.1 Å². The number of para-hydroxylation sites is 3. The van der Waals surface area contributed by atoms with E-state index >= 15 is 0 Å². The maximum absolute atomic E-state index is 12.8. The van der Waals surface area contributed by atoms with Crippen molar-refractivity contribution in [1.82, 2.24) is 14.9 Å². The first-order valence-electron chi connectivity index (χ1n) is 10.6. The van der Waals surface area contributed by atoms with Crippen molar-refractivity contribution in [3.8, 4) is 5.75 Å². The Hall–Kier alpha value is -3.60. The van der Waals surface area contributed by atoms with Crippen LogP contribution in [0.2, 0.25) is 0 Å². The first-order chi connectivity index (χ1) is 15.1. The van der Waals surface area contributed by atoms with E-state index < -0.39 is 0 Å². The van der Waals surface area contributed by atoms with E-state index in [1.807, 2.05) is 86.6 Å². The molecule has 0 spiro atoms. The molecular weight excluding hydrogens is 386 g/mol. The largest absolute Gasteiger partial charge is 0.494 e. The average molecular weight is 414 g/mol. The summed E-state index contributed by atoms with van der Waals surface area (Å²) in [6.45, 7) is 5.29. The molecule has 0 aliphatic carbocycles. The quantitative estimate of drug-likeness (QED) is 0.399. The number of imidazole rings is 1. The van der Waals surface area contributed by atoms with Crippen molar-refractivity contribution in [2.75, 3.05) is 6.61 Å². The fraction of sp³-hybridized carbons (Fsp3) is 0.231. The van der Waals surface area contributed by atoms with E-state index in [1.165, 1.54) is 0 Å². The molecule has 1 atom stereocenters. The van der Waals surface area contributed by atoms with Crippen LogP contribution in [-0.2, 0) is 6.54 Å². The summed E-state index contributed by atoms with van der Waals surface area (Å²) in [6, 6.07) is 25.3. The predicted molar refractivity (Wildman–Crippen MR) is 123 cm³/mol. The third kappa shape index (κ3) is 4.77. The van der Waals surface area contributed by atoms with Crippen LogP contribution >= 0.6 is 0 Å². The van der Waals surface area contributed by atoms with Gasteiger partial charge in [-0.05, 0) is 56.2 Å². The summed E-state index contributed by atoms with van der Waals surface area (Å²) in [5, 5.41) is 3.12. The number of amides is 1. The Labute approximate surface area is 182 Å². The van der Waals surface area contributed by atoms with Crippen LogP contribution in [0, 0.1) is 6.92 Å². The minimum absolute atomic E-state index is 0.0865. The molecule has 158 valence electrons. The van der Waals surface area contributed by atoms with Gasteiger partial charge in [0.15, 0.2) is 0 Å². The Morgan fingerprint density at radius 2 is 1.71 bits per heavy atom. The molecule has 1 amide bonds. The van der Waals surface area contributed by atoms with Crippen molar-refractivity contribution in [3.63, 3.8) is 0 Å². The van der Waals surface area contributed by atoms with Gasteiger partial charge in [-0.25, -0.2) is 4.98 Å². The van der Waals surface area contributed by atoms with Crippen molar-refractivity contribution < 1.29 is 9.53 Å². The van der Waals surface area contributed by atoms with E-state index in [1.54, 1.807) is 0 Å². The summed E-state index contributed by atoms with van der Waals surface area (Å²) < 4.78 is 8.04. The molecule has 4 rings (SSSR count). The molecule has 3 aromatic carbocycles. The van der Waals surface area contributed by atoms with Gasteiger partial charge in [-0.3, -0.25) is 4.79 Å². The lowest BCUT2D eigenvalue weighted by Gasteiger charge is -2.17. The Balaban J connectivity index is 1.50. The van der Waals surface area contributed by atoms with E-state index in [9.17, 15) is 4.79 Å². The third-order valence-corrected chi connectivity index (χ3v) is 5.35. The van der Waals surface area contributed by atoms with Crippen molar-refractivity contribution in [3.05, 3.63) is 95.8 Å². The number of carbonyl (C=O) groups excluding carboxylic acids is 1. The van der Waals surface area contributed by atoms with Gasteiger partial charge in [0.1, 0.15) is 11.6 Å². The highest BCUT2D eigenvalue weighted by Gasteiger charge is 2.19. The molecule has 0 bridgehead atoms. The number of hydrogen-bond acceptors (Lipinski definition) is 3. The summed E-state index contributed by atoms with van der Waals surface area (Å²) in [5.41, 5.74) is 3.64. The van der Waals surface area contributed by atoms with Crippen molar-refractivity contribution in [2.24, 2.45) is 0 Å². The molecule has 0 aliphatic rings. The van der Waals surface area contributed by atoms with Gasteiger partial charge in [0, 0.05) is 12.1 Å². The maximum atomic E-state index is 12.8. The lowest BCUT2D eigenvalue weighted by Crippen LogP contribution is -2.29. The van der Waals surface area contributed by atoms with Crippen LogP contribution in [0.15, 0.2) is 78.9 Å². The molecule has 1 heterocycles. The van der Waals surface area contributed by atoms with E-state index in [0.29, 0.717) is 12.2 Å². The first kappa shape index (κ1) is 20.7. The second-order valence-electron chi connectivity index (χ2n) is 7.64. The Morgan fingerprint density at radius 1 is 1.00 bits per heavy atom. The molecule has 0 radical (unpaired) electrons. The zero-order valence-corrected chi connectivity index (χ0v) is 17.9. The summed E-state index contributed by atoms with van der Waals surface area (Å²) in [5.74, 6) is 1.64. The molecule has 1 N–H and O–H groups in total. The van der Waals surface area contributed by atoms with Crippen LogP contribution in [-0.4, -0.2) is 22.1 Å². The van der Waals surface area contributed by atoms with Crippen molar-refractivity contribution in [2.45, 2.75) is 32.9 Å². The van der Waals surface area contributed by atoms with Crippen LogP contribution in [0.1, 0.15) is 41.1 Å². The standard InChI is InChI=1S/C26H27N3O2/c1-19-11-6-7-14-22(19)26(30)27-20(2)25-28-23-15-8-9-16-24(23)29(25)17-10-18-31-21-12-4-3-5-13-21/h3-9,11-16,20H,10,17-18H2,1-2H3,(H,27,30). The highest BCUT2D eigenvalue weighted by Crippen LogP contribution is 2.22. The van der Waals surface area contributed by atoms with Crippen molar-refractivity contribution in [1.29, 1.82) is 0 Å². The normalized spacial score (nSPS) is 11.9. The highest BCUT2D eigenvalue weighted by molar-refractivity contribution is 5.95. The molecule has 0 saturated carbocycles. The molecule has 31 heavy (non-hydrogen) atoms. The number of hydrogen-bond donors (Lipinski definition) is 1. The second kappa shape index (κ2) is 9.47. The summed E-state index contributed by atoms with van der Waals surface area (Å²) >= 11 is 0. The average Bonchev–Trinajstić information content (AvgIpc) is 3.16. The zero-order chi connectivity index (χ0) is 21.6. The Kier molecular flexibility index (Phi) is 6.32. The Bertz CT molecular complexity index is 1170. The fourth-order valence-electron chi connectivity index (χ4n) is 3.76. The van der Waals surface area contributed by atoms with Gasteiger partial charge in [-0.2, -0.15) is 0 Å². The number of aryl methyl sites for hydroxylation is 2. The maximum Gasteiger partial charge on any atom is 0.252 e. The molecule has 1 unspecified atom stereocenters. The molecule has 0 aliphatic heterocycles. The fourth-order valence-corrected chi connectivity index (χ4v) is 3.76. The first-order valence-corrected chi connectivity index (χ1v) is 10.6. The van der Waals surface area contributed by atoms with Gasteiger partial charge in [-0.15, -0.1) is 0 Å². The number of nitrogens with one attached hydrogen (secondary N) is 1. The van der Waals surface area contributed by atoms with Crippen LogP contribution in [0.4, 0.5) is 0 Å². The Morgan fingerprint density at radius 3 is 2.52 bits per heavy atom. The molecular formula is C26H27N3O2. The molecule has 5 nitrogen and oxygen atoms in total. The molecule has 0 fully saturated rings. The van der Waals surface area contributed by atoms with E-state index in [4.69, 9.17) is 9.72 Å². The van der Waals surface area contributed by atoms with Gasteiger partial charge in [0.2, 0.25) is 0 Å². The number of aromatic nitrogens is 2. The lowest BCUT2D eigenvalue weighted by molar-refractivity contribution is 0.0937. The number of nitrogens with zero attached hydrogens (tertiary/aromatic N) is 2.